The topological polar surface area (TPSA) is 107 Å². The van der Waals surface area contributed by atoms with Crippen molar-refractivity contribution in [3.8, 4) is 11.5 Å². The van der Waals surface area contributed by atoms with Gasteiger partial charge in [-0.3, -0.25) is 4.99 Å². The molecule has 90 valence electrons. The van der Waals surface area contributed by atoms with Crippen LogP contribution in [-0.4, -0.2) is 25.8 Å². The Morgan fingerprint density at radius 2 is 2.18 bits per heavy atom. The first-order valence-electron chi connectivity index (χ1n) is 4.92. The lowest BCUT2D eigenvalue weighted by molar-refractivity contribution is 0.174. The Hall–Kier alpha value is -2.44. The van der Waals surface area contributed by atoms with Crippen molar-refractivity contribution in [3.63, 3.8) is 0 Å². The van der Waals surface area contributed by atoms with E-state index in [1.54, 1.807) is 7.05 Å². The van der Waals surface area contributed by atoms with Crippen molar-refractivity contribution in [2.45, 2.75) is 0 Å². The van der Waals surface area contributed by atoms with Crippen molar-refractivity contribution in [1.29, 1.82) is 0 Å². The largest absolute Gasteiger partial charge is 0.454 e. The van der Waals surface area contributed by atoms with Crippen LogP contribution >= 0.6 is 0 Å². The van der Waals surface area contributed by atoms with E-state index >= 15 is 0 Å². The van der Waals surface area contributed by atoms with Crippen LogP contribution in [0.5, 0.6) is 11.5 Å². The van der Waals surface area contributed by atoms with Crippen molar-refractivity contribution in [2.24, 2.45) is 21.5 Å². The normalized spacial score (nSPS) is 13.4. The molecule has 17 heavy (non-hydrogen) atoms. The highest BCUT2D eigenvalue weighted by Crippen LogP contribution is 2.38. The van der Waals surface area contributed by atoms with Gasteiger partial charge in [0.25, 0.3) is 0 Å². The molecule has 1 heterocycles. The summed E-state index contributed by atoms with van der Waals surface area (Å²) in [7, 11) is 1.58. The summed E-state index contributed by atoms with van der Waals surface area (Å²) in [5.41, 5.74) is 11.3. The molecule has 0 unspecified atom stereocenters. The van der Waals surface area contributed by atoms with Crippen LogP contribution < -0.4 is 26.3 Å². The first-order valence-corrected chi connectivity index (χ1v) is 4.92. The number of para-hydroxylation sites is 1. The van der Waals surface area contributed by atoms with E-state index < -0.39 is 0 Å². The van der Waals surface area contributed by atoms with Crippen LogP contribution in [0.1, 0.15) is 0 Å². The van der Waals surface area contributed by atoms with Crippen molar-refractivity contribution in [1.82, 2.24) is 0 Å². The van der Waals surface area contributed by atoms with Gasteiger partial charge in [-0.1, -0.05) is 6.07 Å². The summed E-state index contributed by atoms with van der Waals surface area (Å²) in [6.07, 6.45) is 0. The van der Waals surface area contributed by atoms with Crippen molar-refractivity contribution >= 4 is 17.6 Å². The van der Waals surface area contributed by atoms with Crippen LogP contribution in [0.3, 0.4) is 0 Å². The number of guanidine groups is 2. The van der Waals surface area contributed by atoms with Crippen LogP contribution in [-0.2, 0) is 0 Å². The number of nitrogens with zero attached hydrogens (tertiary/aromatic N) is 2. The van der Waals surface area contributed by atoms with Gasteiger partial charge in [0, 0.05) is 7.05 Å². The molecular weight excluding hydrogens is 222 g/mol. The van der Waals surface area contributed by atoms with Gasteiger partial charge in [-0.25, -0.2) is 0 Å². The Morgan fingerprint density at radius 1 is 1.35 bits per heavy atom. The lowest BCUT2D eigenvalue weighted by Crippen LogP contribution is -2.26. The second kappa shape index (κ2) is 4.60. The summed E-state index contributed by atoms with van der Waals surface area (Å²) < 4.78 is 10.6. The molecular formula is C10H13N5O2. The predicted octanol–water partition coefficient (Wildman–Crippen LogP) is 0.0864. The fraction of sp³-hybridized carbons (Fsp3) is 0.200. The smallest absolute Gasteiger partial charge is 0.231 e. The number of aliphatic imine (C=N–C) groups is 2. The molecule has 0 bridgehead atoms. The van der Waals surface area contributed by atoms with E-state index in [4.69, 9.17) is 20.9 Å². The molecule has 2 rings (SSSR count). The molecule has 1 aliphatic rings. The van der Waals surface area contributed by atoms with E-state index in [0.717, 1.165) is 0 Å². The molecule has 0 radical (unpaired) electrons. The van der Waals surface area contributed by atoms with Crippen molar-refractivity contribution in [2.75, 3.05) is 19.2 Å². The van der Waals surface area contributed by atoms with E-state index in [9.17, 15) is 0 Å². The molecule has 0 atom stereocenters. The first-order chi connectivity index (χ1) is 8.20. The van der Waals surface area contributed by atoms with Crippen molar-refractivity contribution < 1.29 is 9.47 Å². The predicted molar refractivity (Wildman–Crippen MR) is 65.4 cm³/mol. The molecule has 0 fully saturated rings. The lowest BCUT2D eigenvalue weighted by atomic mass is 10.2. The Kier molecular flexibility index (Phi) is 2.99. The molecule has 7 heteroatoms. The fourth-order valence-corrected chi connectivity index (χ4v) is 1.41. The zero-order chi connectivity index (χ0) is 12.3. The van der Waals surface area contributed by atoms with Crippen molar-refractivity contribution in [3.05, 3.63) is 18.2 Å². The summed E-state index contributed by atoms with van der Waals surface area (Å²) in [4.78, 5) is 7.74. The summed E-state index contributed by atoms with van der Waals surface area (Å²) in [5, 5.41) is 2.96. The molecule has 0 spiro atoms. The Morgan fingerprint density at radius 3 is 2.88 bits per heavy atom. The van der Waals surface area contributed by atoms with Gasteiger partial charge in [0.2, 0.25) is 12.8 Å². The standard InChI is InChI=1S/C10H13N5O2/c1-13-10(15-9(11)12)14-6-3-2-4-7-8(6)17-5-16-7/h2-4H,5H2,1H3,(H5,11,12,13,14,15). The van der Waals surface area contributed by atoms with Gasteiger partial charge in [-0.05, 0) is 12.1 Å². The summed E-state index contributed by atoms with van der Waals surface area (Å²) in [6.45, 7) is 0.203. The maximum Gasteiger partial charge on any atom is 0.231 e. The minimum atomic E-state index is -0.0668. The van der Waals surface area contributed by atoms with Gasteiger partial charge in [-0.15, -0.1) is 0 Å². The summed E-state index contributed by atoms with van der Waals surface area (Å²) in [6, 6.07) is 5.47. The molecule has 0 aliphatic carbocycles. The molecule has 0 saturated carbocycles. The minimum absolute atomic E-state index is 0.0668. The van der Waals surface area contributed by atoms with Crippen LogP contribution in [0.4, 0.5) is 5.69 Å². The van der Waals surface area contributed by atoms with Crippen LogP contribution in [0, 0.1) is 0 Å². The number of benzene rings is 1. The average Bonchev–Trinajstić information content (AvgIpc) is 2.76. The quantitative estimate of drug-likeness (QED) is 0.472. The number of hydrogen-bond donors (Lipinski definition) is 3. The molecule has 0 amide bonds. The van der Waals surface area contributed by atoms with E-state index in [-0.39, 0.29) is 12.8 Å². The Labute approximate surface area is 98.1 Å². The van der Waals surface area contributed by atoms with Crippen LogP contribution in [0.15, 0.2) is 28.2 Å². The summed E-state index contributed by atoms with van der Waals surface area (Å²) >= 11 is 0. The number of nitrogens with one attached hydrogen (secondary N) is 1. The molecule has 5 N–H and O–H groups in total. The second-order valence-electron chi connectivity index (χ2n) is 3.25. The number of hydrogen-bond acceptors (Lipinski definition) is 3. The summed E-state index contributed by atoms with van der Waals surface area (Å²) in [5.74, 6) is 1.53. The molecule has 0 aromatic heterocycles. The first kappa shape index (κ1) is 11.1. The van der Waals surface area contributed by atoms with Gasteiger partial charge < -0.3 is 26.3 Å². The van der Waals surface area contributed by atoms with E-state index in [1.807, 2.05) is 18.2 Å². The number of anilines is 1. The maximum absolute atomic E-state index is 5.33. The highest BCUT2D eigenvalue weighted by atomic mass is 16.7. The lowest BCUT2D eigenvalue weighted by Gasteiger charge is -2.08. The Bertz CT molecular complexity index is 480. The van der Waals surface area contributed by atoms with E-state index in [1.165, 1.54) is 0 Å². The van der Waals surface area contributed by atoms with Gasteiger partial charge in [0.05, 0.1) is 5.69 Å². The SMILES string of the molecule is CN=C(N=C(N)N)Nc1cccc2c1OCO2. The van der Waals surface area contributed by atoms with E-state index in [2.05, 4.69) is 15.3 Å². The minimum Gasteiger partial charge on any atom is -0.454 e. The molecule has 0 saturated heterocycles. The molecule has 7 nitrogen and oxygen atoms in total. The third-order valence-electron chi connectivity index (χ3n) is 2.09. The second-order valence-corrected chi connectivity index (χ2v) is 3.25. The number of fused-ring (bicyclic) bond motifs is 1. The Balaban J connectivity index is 2.25. The number of ether oxygens (including phenoxy) is 2. The zero-order valence-corrected chi connectivity index (χ0v) is 9.30. The zero-order valence-electron chi connectivity index (χ0n) is 9.30. The van der Waals surface area contributed by atoms with E-state index in [0.29, 0.717) is 23.1 Å². The number of rotatable bonds is 1. The highest BCUT2D eigenvalue weighted by molar-refractivity contribution is 6.02. The fourth-order valence-electron chi connectivity index (χ4n) is 1.41. The third-order valence-corrected chi connectivity index (χ3v) is 2.09. The average molecular weight is 235 g/mol. The van der Waals surface area contributed by atoms with Crippen LogP contribution in [0.2, 0.25) is 0 Å². The highest BCUT2D eigenvalue weighted by Gasteiger charge is 2.17. The van der Waals surface area contributed by atoms with Crippen LogP contribution in [0.25, 0.3) is 0 Å². The molecule has 1 aromatic carbocycles. The number of nitrogens with two attached hydrogens (primary N) is 2. The monoisotopic (exact) mass is 235 g/mol. The maximum atomic E-state index is 5.33. The van der Waals surface area contributed by atoms with Gasteiger partial charge in [0.15, 0.2) is 17.5 Å². The molecule has 1 aromatic rings. The van der Waals surface area contributed by atoms with Gasteiger partial charge >= 0.3 is 0 Å². The third kappa shape index (κ3) is 2.39. The van der Waals surface area contributed by atoms with Gasteiger partial charge in [-0.2, -0.15) is 4.99 Å². The molecule has 1 aliphatic heterocycles. The van der Waals surface area contributed by atoms with Gasteiger partial charge in [0.1, 0.15) is 0 Å².